The summed E-state index contributed by atoms with van der Waals surface area (Å²) in [6.07, 6.45) is 68.2. The standard InChI is InChI=1S/C67H127NO8/c1-3-5-7-9-11-13-15-17-19-21-23-25-27-28-29-30-31-32-33-35-36-38-40-42-44-46-48-50-52-54-56-61(70)60(59-75-67-66(74)65(73)64(72)62(58-69)76-67)68-63(71)57-55-53-51-49-47-45-43-41-39-37-34-26-24-22-20-18-16-14-12-10-8-6-4-2/h38,40,46,48,54,56,60-62,64-67,69-70,72-74H,3-37,39,41-45,47,49-53,55,57-59H2,1-2H3,(H,68,71)/b40-38+,48-46+,56-54+. The van der Waals surface area contributed by atoms with E-state index < -0.39 is 49.5 Å². The third kappa shape index (κ3) is 45.2. The largest absolute Gasteiger partial charge is 0.394 e. The molecule has 0 aromatic rings. The van der Waals surface area contributed by atoms with E-state index in [1.54, 1.807) is 6.08 Å². The van der Waals surface area contributed by atoms with Gasteiger partial charge < -0.3 is 40.3 Å². The number of allylic oxidation sites excluding steroid dienone is 5. The van der Waals surface area contributed by atoms with Crippen LogP contribution >= 0.6 is 0 Å². The molecule has 0 radical (unpaired) electrons. The lowest BCUT2D eigenvalue weighted by Crippen LogP contribution is -2.60. The monoisotopic (exact) mass is 1070 g/mol. The van der Waals surface area contributed by atoms with E-state index in [4.69, 9.17) is 9.47 Å². The van der Waals surface area contributed by atoms with Crippen LogP contribution in [0.4, 0.5) is 0 Å². The Bertz CT molecular complexity index is 1290. The molecular weight excluding hydrogens is 947 g/mol. The van der Waals surface area contributed by atoms with Crippen LogP contribution in [-0.4, -0.2) is 87.5 Å². The average Bonchev–Trinajstić information content (AvgIpc) is 3.42. The molecule has 1 rings (SSSR count). The van der Waals surface area contributed by atoms with Crippen LogP contribution in [0.15, 0.2) is 36.5 Å². The fourth-order valence-corrected chi connectivity index (χ4v) is 10.7. The van der Waals surface area contributed by atoms with Gasteiger partial charge in [-0.15, -0.1) is 0 Å². The maximum Gasteiger partial charge on any atom is 0.220 e. The summed E-state index contributed by atoms with van der Waals surface area (Å²) < 4.78 is 11.3. The minimum absolute atomic E-state index is 0.184. The summed E-state index contributed by atoms with van der Waals surface area (Å²) in [5.41, 5.74) is 0. The Morgan fingerprint density at radius 1 is 0.434 bits per heavy atom. The Labute approximate surface area is 470 Å². The highest BCUT2D eigenvalue weighted by molar-refractivity contribution is 5.76. The van der Waals surface area contributed by atoms with Gasteiger partial charge in [0.2, 0.25) is 5.91 Å². The number of nitrogens with one attached hydrogen (secondary N) is 1. The molecule has 9 nitrogen and oxygen atoms in total. The van der Waals surface area contributed by atoms with E-state index in [-0.39, 0.29) is 12.5 Å². The van der Waals surface area contributed by atoms with Crippen LogP contribution < -0.4 is 5.32 Å². The van der Waals surface area contributed by atoms with E-state index in [9.17, 15) is 30.3 Å². The summed E-state index contributed by atoms with van der Waals surface area (Å²) in [7, 11) is 0. The van der Waals surface area contributed by atoms with Crippen LogP contribution in [0.5, 0.6) is 0 Å². The first-order valence-corrected chi connectivity index (χ1v) is 33.2. The molecule has 1 fully saturated rings. The first kappa shape index (κ1) is 72.4. The number of unbranched alkanes of at least 4 members (excludes halogenated alkanes) is 44. The highest BCUT2D eigenvalue weighted by Crippen LogP contribution is 2.23. The zero-order valence-electron chi connectivity index (χ0n) is 50.0. The van der Waals surface area contributed by atoms with E-state index in [2.05, 4.69) is 43.5 Å². The molecule has 1 amide bonds. The fraction of sp³-hybridized carbons (Fsp3) is 0.896. The van der Waals surface area contributed by atoms with Crippen LogP contribution in [-0.2, 0) is 14.3 Å². The third-order valence-electron chi connectivity index (χ3n) is 15.9. The number of aliphatic hydroxyl groups excluding tert-OH is 5. The zero-order chi connectivity index (χ0) is 55.0. The number of hydrogen-bond acceptors (Lipinski definition) is 8. The lowest BCUT2D eigenvalue weighted by atomic mass is 9.99. The van der Waals surface area contributed by atoms with Crippen molar-refractivity contribution in [1.29, 1.82) is 0 Å². The number of ether oxygens (including phenoxy) is 2. The molecule has 0 aromatic heterocycles. The fourth-order valence-electron chi connectivity index (χ4n) is 10.7. The van der Waals surface area contributed by atoms with Crippen molar-refractivity contribution in [2.45, 2.75) is 371 Å². The number of carbonyl (C=O) groups is 1. The van der Waals surface area contributed by atoms with Crippen LogP contribution in [0.25, 0.3) is 0 Å². The third-order valence-corrected chi connectivity index (χ3v) is 15.9. The molecule has 0 bridgehead atoms. The first-order chi connectivity index (χ1) is 37.3. The van der Waals surface area contributed by atoms with E-state index in [1.807, 2.05) is 6.08 Å². The number of hydrogen-bond donors (Lipinski definition) is 6. The van der Waals surface area contributed by atoms with Crippen molar-refractivity contribution >= 4 is 5.91 Å². The van der Waals surface area contributed by atoms with Gasteiger partial charge in [-0.25, -0.2) is 0 Å². The van der Waals surface area contributed by atoms with Crippen molar-refractivity contribution in [3.05, 3.63) is 36.5 Å². The first-order valence-electron chi connectivity index (χ1n) is 33.2. The molecule has 0 spiro atoms. The Balaban J connectivity index is 2.19. The van der Waals surface area contributed by atoms with Crippen LogP contribution in [0.3, 0.4) is 0 Å². The van der Waals surface area contributed by atoms with Crippen molar-refractivity contribution in [3.8, 4) is 0 Å². The van der Waals surface area contributed by atoms with E-state index in [0.29, 0.717) is 6.42 Å². The molecule has 1 saturated heterocycles. The molecule has 0 aliphatic carbocycles. The molecule has 9 heteroatoms. The Morgan fingerprint density at radius 3 is 1.11 bits per heavy atom. The molecule has 0 aromatic carbocycles. The summed E-state index contributed by atoms with van der Waals surface area (Å²) in [4.78, 5) is 13.1. The Hall–Kier alpha value is -1.59. The van der Waals surface area contributed by atoms with Gasteiger partial charge in [0, 0.05) is 6.42 Å². The molecule has 7 unspecified atom stereocenters. The molecule has 448 valence electrons. The molecule has 76 heavy (non-hydrogen) atoms. The van der Waals surface area contributed by atoms with Crippen molar-refractivity contribution in [3.63, 3.8) is 0 Å². The second-order valence-electron chi connectivity index (χ2n) is 23.3. The highest BCUT2D eigenvalue weighted by Gasteiger charge is 2.44. The normalized spacial score (nSPS) is 19.0. The molecule has 1 aliphatic rings. The van der Waals surface area contributed by atoms with Crippen molar-refractivity contribution in [2.24, 2.45) is 0 Å². The van der Waals surface area contributed by atoms with Gasteiger partial charge in [-0.3, -0.25) is 4.79 Å². The number of amides is 1. The summed E-state index contributed by atoms with van der Waals surface area (Å²) in [6, 6.07) is -0.827. The lowest BCUT2D eigenvalue weighted by Gasteiger charge is -2.40. The minimum Gasteiger partial charge on any atom is -0.394 e. The number of aliphatic hydroxyl groups is 5. The van der Waals surface area contributed by atoms with Crippen LogP contribution in [0, 0.1) is 0 Å². The van der Waals surface area contributed by atoms with Gasteiger partial charge in [0.1, 0.15) is 24.4 Å². The predicted octanol–water partition coefficient (Wildman–Crippen LogP) is 17.5. The summed E-state index contributed by atoms with van der Waals surface area (Å²) >= 11 is 0. The van der Waals surface area contributed by atoms with Gasteiger partial charge in [0.15, 0.2) is 6.29 Å². The molecule has 7 atom stereocenters. The van der Waals surface area contributed by atoms with Crippen molar-refractivity contribution in [2.75, 3.05) is 13.2 Å². The van der Waals surface area contributed by atoms with E-state index in [1.165, 1.54) is 263 Å². The number of rotatable bonds is 58. The predicted molar refractivity (Wildman–Crippen MR) is 323 cm³/mol. The lowest BCUT2D eigenvalue weighted by molar-refractivity contribution is -0.302. The Kier molecular flexibility index (Phi) is 54.0. The summed E-state index contributed by atoms with van der Waals surface area (Å²) in [5.74, 6) is -0.184. The second kappa shape index (κ2) is 56.7. The van der Waals surface area contributed by atoms with Gasteiger partial charge in [0.25, 0.3) is 0 Å². The summed E-state index contributed by atoms with van der Waals surface area (Å²) in [6.45, 7) is 3.81. The topological polar surface area (TPSA) is 149 Å². The molecule has 6 N–H and O–H groups in total. The van der Waals surface area contributed by atoms with Crippen molar-refractivity contribution in [1.82, 2.24) is 5.32 Å². The van der Waals surface area contributed by atoms with Gasteiger partial charge in [-0.2, -0.15) is 0 Å². The van der Waals surface area contributed by atoms with Crippen LogP contribution in [0.2, 0.25) is 0 Å². The van der Waals surface area contributed by atoms with Gasteiger partial charge in [-0.05, 0) is 44.9 Å². The number of carbonyl (C=O) groups excluding carboxylic acids is 1. The van der Waals surface area contributed by atoms with Gasteiger partial charge in [0.05, 0.1) is 25.4 Å². The molecule has 1 aliphatic heterocycles. The Morgan fingerprint density at radius 2 is 0.750 bits per heavy atom. The van der Waals surface area contributed by atoms with Crippen LogP contribution in [0.1, 0.15) is 328 Å². The van der Waals surface area contributed by atoms with Gasteiger partial charge in [-0.1, -0.05) is 314 Å². The maximum atomic E-state index is 13.1. The van der Waals surface area contributed by atoms with Gasteiger partial charge >= 0.3 is 0 Å². The summed E-state index contributed by atoms with van der Waals surface area (Å²) in [5, 5.41) is 54.6. The quantitative estimate of drug-likeness (QED) is 0.0261. The molecular formula is C67H127NO8. The zero-order valence-corrected chi connectivity index (χ0v) is 50.0. The minimum atomic E-state index is -1.57. The highest BCUT2D eigenvalue weighted by atomic mass is 16.7. The van der Waals surface area contributed by atoms with E-state index >= 15 is 0 Å². The SMILES string of the molecule is CCCCCCCCCCCCCCCCCCCCCC/C=C/CC/C=C/CC/C=C/C(O)C(COC1OC(CO)C(O)C(O)C1O)NC(=O)CCCCCCCCCCCCCCCCCCCCCCCCC. The second-order valence-corrected chi connectivity index (χ2v) is 23.3. The maximum absolute atomic E-state index is 13.1. The molecule has 0 saturated carbocycles. The smallest absolute Gasteiger partial charge is 0.220 e. The van der Waals surface area contributed by atoms with Crippen molar-refractivity contribution < 1.29 is 39.8 Å². The molecule has 1 heterocycles. The average molecular weight is 1070 g/mol. The van der Waals surface area contributed by atoms with E-state index in [0.717, 1.165) is 44.9 Å².